The van der Waals surface area contributed by atoms with Crippen molar-refractivity contribution in [3.63, 3.8) is 0 Å². The summed E-state index contributed by atoms with van der Waals surface area (Å²) in [6, 6.07) is 2.83. The van der Waals surface area contributed by atoms with E-state index in [4.69, 9.17) is 4.74 Å². The molecule has 0 aliphatic rings. The van der Waals surface area contributed by atoms with Gasteiger partial charge in [0.1, 0.15) is 0 Å². The van der Waals surface area contributed by atoms with Gasteiger partial charge in [-0.2, -0.15) is 5.10 Å². The minimum Gasteiger partial charge on any atom is -0.380 e. The molecule has 110 valence electrons. The van der Waals surface area contributed by atoms with E-state index >= 15 is 0 Å². The molecule has 0 saturated heterocycles. The zero-order valence-electron chi connectivity index (χ0n) is 13.2. The van der Waals surface area contributed by atoms with Crippen molar-refractivity contribution in [2.75, 3.05) is 13.7 Å². The molecular formula is C15H29N3O. The second-order valence-electron chi connectivity index (χ2n) is 5.69. The molecule has 1 rings (SSSR count). The maximum Gasteiger partial charge on any atom is 0.0750 e. The van der Waals surface area contributed by atoms with Crippen molar-refractivity contribution < 1.29 is 4.74 Å². The monoisotopic (exact) mass is 267 g/mol. The van der Waals surface area contributed by atoms with E-state index < -0.39 is 0 Å². The first kappa shape index (κ1) is 16.2. The molecule has 4 heteroatoms. The van der Waals surface area contributed by atoms with E-state index in [1.54, 1.807) is 7.11 Å². The van der Waals surface area contributed by atoms with E-state index in [0.717, 1.165) is 18.7 Å². The van der Waals surface area contributed by atoms with Crippen LogP contribution in [-0.2, 0) is 11.2 Å². The number of hydrogen-bond acceptors (Lipinski definition) is 3. The summed E-state index contributed by atoms with van der Waals surface area (Å²) in [6.45, 7) is 11.8. The maximum atomic E-state index is 5.66. The average molecular weight is 267 g/mol. The lowest BCUT2D eigenvalue weighted by Gasteiger charge is -2.29. The third-order valence-electron chi connectivity index (χ3n) is 3.41. The molecular weight excluding hydrogens is 238 g/mol. The van der Waals surface area contributed by atoms with Gasteiger partial charge in [-0.3, -0.25) is 4.68 Å². The van der Waals surface area contributed by atoms with Crippen LogP contribution in [-0.4, -0.2) is 35.6 Å². The quantitative estimate of drug-likeness (QED) is 0.787. The summed E-state index contributed by atoms with van der Waals surface area (Å²) in [5.74, 6) is 0.487. The fraction of sp³-hybridized carbons (Fsp3) is 0.800. The lowest BCUT2D eigenvalue weighted by Crippen LogP contribution is -2.45. The second-order valence-corrected chi connectivity index (χ2v) is 5.69. The molecule has 4 nitrogen and oxygen atoms in total. The van der Waals surface area contributed by atoms with Crippen LogP contribution in [0.4, 0.5) is 0 Å². The van der Waals surface area contributed by atoms with Crippen LogP contribution in [0.2, 0.25) is 0 Å². The Morgan fingerprint density at radius 1 is 1.32 bits per heavy atom. The zero-order valence-corrected chi connectivity index (χ0v) is 13.2. The normalized spacial score (nSPS) is 15.2. The summed E-state index contributed by atoms with van der Waals surface area (Å²) in [5, 5.41) is 8.16. The lowest BCUT2D eigenvalue weighted by molar-refractivity contribution is 0.0334. The number of rotatable bonds is 8. The molecule has 0 fully saturated rings. The van der Waals surface area contributed by atoms with Gasteiger partial charge in [0.15, 0.2) is 0 Å². The highest BCUT2D eigenvalue weighted by Crippen LogP contribution is 2.15. The van der Waals surface area contributed by atoms with E-state index in [1.165, 1.54) is 0 Å². The molecule has 1 aromatic rings. The number of nitrogens with zero attached hydrogens (tertiary/aromatic N) is 2. The Balaban J connectivity index is 2.76. The molecule has 1 N–H and O–H groups in total. The van der Waals surface area contributed by atoms with Crippen molar-refractivity contribution >= 4 is 0 Å². The molecule has 0 aliphatic carbocycles. The first-order valence-electron chi connectivity index (χ1n) is 7.29. The van der Waals surface area contributed by atoms with E-state index in [9.17, 15) is 0 Å². The fourth-order valence-electron chi connectivity index (χ4n) is 2.47. The Morgan fingerprint density at radius 3 is 2.42 bits per heavy atom. The van der Waals surface area contributed by atoms with Crippen molar-refractivity contribution in [3.8, 4) is 0 Å². The molecule has 1 aromatic heterocycles. The number of likely N-dealkylation sites (N-methyl/N-ethyl adjacent to an activating group) is 1. The van der Waals surface area contributed by atoms with Crippen molar-refractivity contribution in [1.82, 2.24) is 15.1 Å². The number of hydrogen-bond donors (Lipinski definition) is 1. The van der Waals surface area contributed by atoms with Crippen LogP contribution in [0.3, 0.4) is 0 Å². The van der Waals surface area contributed by atoms with Crippen molar-refractivity contribution in [2.45, 2.75) is 59.2 Å². The summed E-state index contributed by atoms with van der Waals surface area (Å²) in [4.78, 5) is 0. The van der Waals surface area contributed by atoms with Gasteiger partial charge in [-0.15, -0.1) is 0 Å². The minimum atomic E-state index is 0.212. The molecule has 0 aliphatic heterocycles. The van der Waals surface area contributed by atoms with E-state index in [0.29, 0.717) is 18.0 Å². The number of aromatic nitrogens is 2. The Kier molecular flexibility index (Phi) is 6.52. The standard InChI is InChI=1S/C15H29N3O/c1-7-16-14(15(19-6)11(2)3)10-13-8-9-18(17-13)12(4)5/h8-9,11-12,14-16H,7,10H2,1-6H3. The largest absolute Gasteiger partial charge is 0.380 e. The molecule has 0 radical (unpaired) electrons. The molecule has 1 heterocycles. The summed E-state index contributed by atoms with van der Waals surface area (Å²) in [7, 11) is 1.79. The highest BCUT2D eigenvalue weighted by atomic mass is 16.5. The third kappa shape index (κ3) is 4.62. The van der Waals surface area contributed by atoms with Gasteiger partial charge < -0.3 is 10.1 Å². The minimum absolute atomic E-state index is 0.212. The van der Waals surface area contributed by atoms with Crippen molar-refractivity contribution in [3.05, 3.63) is 18.0 Å². The van der Waals surface area contributed by atoms with Gasteiger partial charge in [-0.1, -0.05) is 20.8 Å². The number of methoxy groups -OCH3 is 1. The molecule has 0 amide bonds. The van der Waals surface area contributed by atoms with Crippen LogP contribution in [0.15, 0.2) is 12.3 Å². The number of ether oxygens (including phenoxy) is 1. The molecule has 0 aromatic carbocycles. The van der Waals surface area contributed by atoms with Crippen LogP contribution < -0.4 is 5.32 Å². The molecule has 0 bridgehead atoms. The predicted octanol–water partition coefficient (Wildman–Crippen LogP) is 2.66. The molecule has 19 heavy (non-hydrogen) atoms. The summed E-state index contributed by atoms with van der Waals surface area (Å²) >= 11 is 0. The smallest absolute Gasteiger partial charge is 0.0750 e. The van der Waals surface area contributed by atoms with Gasteiger partial charge in [-0.05, 0) is 32.4 Å². The maximum absolute atomic E-state index is 5.66. The van der Waals surface area contributed by atoms with Gasteiger partial charge in [0.25, 0.3) is 0 Å². The Morgan fingerprint density at radius 2 is 2.00 bits per heavy atom. The van der Waals surface area contributed by atoms with Gasteiger partial charge >= 0.3 is 0 Å². The first-order chi connectivity index (χ1) is 8.99. The summed E-state index contributed by atoms with van der Waals surface area (Å²) < 4.78 is 7.67. The number of nitrogens with one attached hydrogen (secondary N) is 1. The van der Waals surface area contributed by atoms with E-state index in [-0.39, 0.29) is 6.10 Å². The summed E-state index contributed by atoms with van der Waals surface area (Å²) in [5.41, 5.74) is 1.13. The highest BCUT2D eigenvalue weighted by molar-refractivity contribution is 5.03. The Labute approximate surface area is 117 Å². The first-order valence-corrected chi connectivity index (χ1v) is 7.29. The van der Waals surface area contributed by atoms with Gasteiger partial charge in [0.05, 0.1) is 11.8 Å². The summed E-state index contributed by atoms with van der Waals surface area (Å²) in [6.07, 6.45) is 3.17. The second kappa shape index (κ2) is 7.65. The topological polar surface area (TPSA) is 39.1 Å². The third-order valence-corrected chi connectivity index (χ3v) is 3.41. The van der Waals surface area contributed by atoms with E-state index in [1.807, 2.05) is 4.68 Å². The van der Waals surface area contributed by atoms with Crippen LogP contribution in [0.5, 0.6) is 0 Å². The van der Waals surface area contributed by atoms with Gasteiger partial charge in [0.2, 0.25) is 0 Å². The molecule has 2 unspecified atom stereocenters. The lowest BCUT2D eigenvalue weighted by atomic mass is 9.96. The van der Waals surface area contributed by atoms with Crippen LogP contribution in [0.1, 0.15) is 46.4 Å². The zero-order chi connectivity index (χ0) is 14.4. The van der Waals surface area contributed by atoms with Crippen molar-refractivity contribution in [2.24, 2.45) is 5.92 Å². The average Bonchev–Trinajstić information content (AvgIpc) is 2.78. The Hall–Kier alpha value is -0.870. The van der Waals surface area contributed by atoms with Crippen molar-refractivity contribution in [1.29, 1.82) is 0 Å². The molecule has 0 spiro atoms. The predicted molar refractivity (Wildman–Crippen MR) is 79.4 cm³/mol. The fourth-order valence-corrected chi connectivity index (χ4v) is 2.47. The van der Waals surface area contributed by atoms with Gasteiger partial charge in [0, 0.05) is 31.8 Å². The molecule has 0 saturated carbocycles. The SMILES string of the molecule is CCNC(Cc1ccn(C(C)C)n1)C(OC)C(C)C. The van der Waals surface area contributed by atoms with Crippen LogP contribution >= 0.6 is 0 Å². The Bertz CT molecular complexity index is 360. The van der Waals surface area contributed by atoms with E-state index in [2.05, 4.69) is 57.3 Å². The van der Waals surface area contributed by atoms with Crippen LogP contribution in [0.25, 0.3) is 0 Å². The molecule has 2 atom stereocenters. The van der Waals surface area contributed by atoms with Crippen LogP contribution in [0, 0.1) is 5.92 Å². The van der Waals surface area contributed by atoms with Gasteiger partial charge in [-0.25, -0.2) is 0 Å². The highest BCUT2D eigenvalue weighted by Gasteiger charge is 2.24.